The van der Waals surface area contributed by atoms with Crippen LogP contribution in [-0.4, -0.2) is 103 Å². The summed E-state index contributed by atoms with van der Waals surface area (Å²) in [7, 11) is 3.72. The first-order valence-electron chi connectivity index (χ1n) is 17.3. The molecular formula is C38H38ClF2N8O2+. The van der Waals surface area contributed by atoms with Crippen molar-refractivity contribution in [3.8, 4) is 17.3 Å². The van der Waals surface area contributed by atoms with Gasteiger partial charge in [-0.05, 0) is 43.3 Å². The van der Waals surface area contributed by atoms with E-state index in [2.05, 4.69) is 19.9 Å². The summed E-state index contributed by atoms with van der Waals surface area (Å²) < 4.78 is 41.3. The fourth-order valence-corrected chi connectivity index (χ4v) is 8.24. The van der Waals surface area contributed by atoms with Crippen LogP contribution >= 0.6 is 11.6 Å². The monoisotopic (exact) mass is 711 g/mol. The minimum Gasteiger partial charge on any atom is -0.443 e. The number of pyridine rings is 1. The molecule has 8 rings (SSSR count). The van der Waals surface area contributed by atoms with Gasteiger partial charge in [-0.25, -0.2) is 18.3 Å². The molecule has 0 saturated carbocycles. The van der Waals surface area contributed by atoms with E-state index in [1.165, 1.54) is 0 Å². The van der Waals surface area contributed by atoms with Crippen LogP contribution in [0, 0.1) is 11.7 Å². The summed E-state index contributed by atoms with van der Waals surface area (Å²) in [6.45, 7) is 2.53. The smallest absolute Gasteiger partial charge is 0.434 e. The molecule has 3 aromatic heterocycles. The maximum Gasteiger partial charge on any atom is 0.434 e. The van der Waals surface area contributed by atoms with Crippen LogP contribution in [-0.2, 0) is 11.8 Å². The number of imidazole rings is 1. The van der Waals surface area contributed by atoms with Gasteiger partial charge in [0.05, 0.1) is 30.8 Å². The van der Waals surface area contributed by atoms with E-state index >= 15 is 4.39 Å². The highest BCUT2D eigenvalue weighted by atomic mass is 35.5. The number of carbonyl (C=O) groups excluding carboxylic acids is 1. The van der Waals surface area contributed by atoms with Crippen LogP contribution in [0.2, 0.25) is 5.02 Å². The van der Waals surface area contributed by atoms with Gasteiger partial charge in [0.25, 0.3) is 0 Å². The van der Waals surface area contributed by atoms with Crippen molar-refractivity contribution >= 4 is 57.3 Å². The predicted octanol–water partition coefficient (Wildman–Crippen LogP) is 6.23. The van der Waals surface area contributed by atoms with Gasteiger partial charge in [-0.1, -0.05) is 41.9 Å². The Kier molecular flexibility index (Phi) is 8.75. The zero-order valence-corrected chi connectivity index (χ0v) is 29.2. The van der Waals surface area contributed by atoms with Gasteiger partial charge in [0.2, 0.25) is 5.91 Å². The zero-order chi connectivity index (χ0) is 35.3. The van der Waals surface area contributed by atoms with Crippen LogP contribution in [0.1, 0.15) is 31.4 Å². The van der Waals surface area contributed by atoms with E-state index < -0.39 is 17.5 Å². The lowest BCUT2D eigenvalue weighted by Crippen LogP contribution is -2.43. The first kappa shape index (κ1) is 33.3. The molecule has 3 atom stereocenters. The number of ether oxygens (including phenoxy) is 1. The van der Waals surface area contributed by atoms with E-state index in [0.717, 1.165) is 31.2 Å². The van der Waals surface area contributed by atoms with E-state index in [4.69, 9.17) is 21.3 Å². The molecule has 0 spiro atoms. The average molecular weight is 712 g/mol. The molecule has 13 heteroatoms. The molecule has 3 aliphatic heterocycles. The van der Waals surface area contributed by atoms with Crippen molar-refractivity contribution in [1.82, 2.24) is 34.3 Å². The van der Waals surface area contributed by atoms with Crippen molar-refractivity contribution in [2.75, 3.05) is 39.8 Å². The Balaban J connectivity index is 1.14. The third-order valence-electron chi connectivity index (χ3n) is 10.4. The number of likely N-dealkylation sites (tertiary alicyclic amines) is 1. The van der Waals surface area contributed by atoms with Gasteiger partial charge in [0.15, 0.2) is 5.82 Å². The van der Waals surface area contributed by atoms with Gasteiger partial charge in [-0.3, -0.25) is 14.7 Å². The van der Waals surface area contributed by atoms with Crippen molar-refractivity contribution in [2.45, 2.75) is 37.4 Å². The molecule has 0 radical (unpaired) electrons. The average Bonchev–Trinajstić information content (AvgIpc) is 3.91. The van der Waals surface area contributed by atoms with Crippen molar-refractivity contribution in [3.05, 3.63) is 77.7 Å². The number of carbonyl (C=O) groups is 1. The standard InChI is InChI=1S/C38H38ClF2N8O2/c1-46-21-27(43-23-46)10-11-31(50)48-15-12-24(19-48)18-47(2)36-29-17-42-34(28-8-3-6-25-7-4-9-30(39)32(25)28)33(41)35(29)44-37(45-36)51-22-38-13-5-14-49(38)20-26(40)16-38/h3-4,6-11,17-18,21,23-24,26H,5,12-16,19-20,22H2,1-2H3/q+1/b11-10+,47-18-/t24?,26-,38+/m1/s1. The van der Waals surface area contributed by atoms with Gasteiger partial charge < -0.3 is 14.2 Å². The Hall–Kier alpha value is -4.81. The van der Waals surface area contributed by atoms with Crippen molar-refractivity contribution in [1.29, 1.82) is 0 Å². The van der Waals surface area contributed by atoms with Gasteiger partial charge >= 0.3 is 11.8 Å². The molecule has 1 unspecified atom stereocenters. The number of alkyl halides is 1. The van der Waals surface area contributed by atoms with E-state index in [-0.39, 0.29) is 35.7 Å². The number of aromatic nitrogens is 5. The molecular weight excluding hydrogens is 674 g/mol. The third-order valence-corrected chi connectivity index (χ3v) is 10.7. The highest BCUT2D eigenvalue weighted by Crippen LogP contribution is 2.41. The maximum absolute atomic E-state index is 16.8. The van der Waals surface area contributed by atoms with Gasteiger partial charge in [-0.15, -0.1) is 0 Å². The molecule has 3 fully saturated rings. The normalized spacial score (nSPS) is 22.5. The topological polar surface area (TPSA) is 92.3 Å². The third kappa shape index (κ3) is 6.35. The number of amides is 1. The lowest BCUT2D eigenvalue weighted by molar-refractivity contribution is -0.405. The Bertz CT molecular complexity index is 2220. The molecule has 262 valence electrons. The number of rotatable bonds is 8. The molecule has 51 heavy (non-hydrogen) atoms. The van der Waals surface area contributed by atoms with Crippen molar-refractivity contribution < 1.29 is 22.9 Å². The van der Waals surface area contributed by atoms with E-state index in [1.54, 1.807) is 41.7 Å². The second-order valence-electron chi connectivity index (χ2n) is 13.9. The first-order chi connectivity index (χ1) is 24.7. The van der Waals surface area contributed by atoms with Crippen LogP contribution < -0.4 is 4.74 Å². The molecule has 10 nitrogen and oxygen atoms in total. The number of aryl methyl sites for hydroxylation is 1. The van der Waals surface area contributed by atoms with E-state index in [1.807, 2.05) is 59.9 Å². The van der Waals surface area contributed by atoms with Crippen molar-refractivity contribution in [2.24, 2.45) is 13.0 Å². The molecule has 5 aromatic rings. The lowest BCUT2D eigenvalue weighted by atomic mass is 9.95. The summed E-state index contributed by atoms with van der Waals surface area (Å²) in [5.41, 5.74) is 1.01. The quantitative estimate of drug-likeness (QED) is 0.107. The Morgan fingerprint density at radius 3 is 2.82 bits per heavy atom. The summed E-state index contributed by atoms with van der Waals surface area (Å²) in [5, 5.41) is 2.46. The first-order valence-corrected chi connectivity index (χ1v) is 17.6. The second-order valence-corrected chi connectivity index (χ2v) is 14.3. The molecule has 0 N–H and O–H groups in total. The largest absolute Gasteiger partial charge is 0.443 e. The summed E-state index contributed by atoms with van der Waals surface area (Å²) >= 11 is 6.62. The summed E-state index contributed by atoms with van der Waals surface area (Å²) in [6, 6.07) is 11.1. The number of fused-ring (bicyclic) bond motifs is 3. The van der Waals surface area contributed by atoms with Gasteiger partial charge in [-0.2, -0.15) is 4.98 Å². The zero-order valence-electron chi connectivity index (χ0n) is 28.5. The van der Waals surface area contributed by atoms with E-state index in [0.29, 0.717) is 58.9 Å². The minimum absolute atomic E-state index is 0.0103. The van der Waals surface area contributed by atoms with Crippen LogP contribution in [0.5, 0.6) is 6.01 Å². The fraction of sp³-hybridized carbons (Fsp3) is 0.368. The highest BCUT2D eigenvalue weighted by Gasteiger charge is 2.49. The second kappa shape index (κ2) is 13.4. The van der Waals surface area contributed by atoms with Crippen LogP contribution in [0.25, 0.3) is 39.0 Å². The number of hydrogen-bond acceptors (Lipinski definition) is 7. The predicted molar refractivity (Wildman–Crippen MR) is 193 cm³/mol. The molecule has 3 saturated heterocycles. The molecule has 3 aliphatic rings. The maximum atomic E-state index is 16.8. The lowest BCUT2D eigenvalue weighted by Gasteiger charge is -2.30. The van der Waals surface area contributed by atoms with Crippen LogP contribution in [0.15, 0.2) is 61.2 Å². The number of nitrogens with zero attached hydrogens (tertiary/aromatic N) is 8. The Morgan fingerprint density at radius 2 is 2.00 bits per heavy atom. The molecule has 2 aromatic carbocycles. The summed E-state index contributed by atoms with van der Waals surface area (Å²) in [6.07, 6.45) is 12.4. The Morgan fingerprint density at radius 1 is 1.16 bits per heavy atom. The minimum atomic E-state index is -0.912. The number of benzene rings is 2. The SMILES string of the molecule is Cn1cnc(/C=C/C(=O)N2CCC(/C=[N+](/C)c3nc(OC[C@@]45CCCN4C[C@H](F)C5)nc4c(F)c(-c5cccc6cccc(Cl)c56)ncc34)C2)c1. The Labute approximate surface area is 299 Å². The van der Waals surface area contributed by atoms with Crippen molar-refractivity contribution in [3.63, 3.8) is 0 Å². The molecule has 0 aliphatic carbocycles. The fourth-order valence-electron chi connectivity index (χ4n) is 7.96. The van der Waals surface area contributed by atoms with Crippen LogP contribution in [0.4, 0.5) is 14.6 Å². The van der Waals surface area contributed by atoms with Gasteiger partial charge in [0, 0.05) is 78.4 Å². The molecule has 6 heterocycles. The highest BCUT2D eigenvalue weighted by molar-refractivity contribution is 6.36. The summed E-state index contributed by atoms with van der Waals surface area (Å²) in [5.74, 6) is -0.265. The molecule has 1 amide bonds. The summed E-state index contributed by atoms with van der Waals surface area (Å²) in [4.78, 5) is 35.2. The van der Waals surface area contributed by atoms with Gasteiger partial charge in [0.1, 0.15) is 29.4 Å². The van der Waals surface area contributed by atoms with Crippen LogP contribution in [0.3, 0.4) is 0 Å². The molecule has 0 bridgehead atoms. The number of hydrogen-bond donors (Lipinski definition) is 0. The van der Waals surface area contributed by atoms with E-state index in [9.17, 15) is 9.18 Å². The number of halogens is 3.